The molecule has 2 fully saturated rings. The van der Waals surface area contributed by atoms with Crippen LogP contribution in [0.25, 0.3) is 0 Å². The average molecular weight is 466 g/mol. The molecule has 0 aliphatic carbocycles. The maximum absolute atomic E-state index is 13.1. The number of benzene rings is 1. The molecule has 2 amide bonds. The normalized spacial score (nSPS) is 21.7. The fraction of sp³-hybridized carbons (Fsp3) is 0.652. The van der Waals surface area contributed by atoms with Gasteiger partial charge < -0.3 is 15.0 Å². The Morgan fingerprint density at radius 1 is 1.12 bits per heavy atom. The summed E-state index contributed by atoms with van der Waals surface area (Å²) in [5.41, 5.74) is 0. The summed E-state index contributed by atoms with van der Waals surface area (Å²) in [4.78, 5) is 28.2. The van der Waals surface area contributed by atoms with Crippen molar-refractivity contribution in [3.63, 3.8) is 0 Å². The molecular formula is C23H35N3O5S. The molecule has 1 unspecified atom stereocenters. The molecule has 3 atom stereocenters. The highest BCUT2D eigenvalue weighted by Gasteiger charge is 2.37. The van der Waals surface area contributed by atoms with E-state index in [1.165, 1.54) is 23.5 Å². The summed E-state index contributed by atoms with van der Waals surface area (Å²) in [6, 6.07) is 5.69. The second kappa shape index (κ2) is 10.7. The Balaban J connectivity index is 1.69. The highest BCUT2D eigenvalue weighted by atomic mass is 32.2. The van der Waals surface area contributed by atoms with E-state index >= 15 is 0 Å². The predicted octanol–water partition coefficient (Wildman–Crippen LogP) is 2.25. The van der Waals surface area contributed by atoms with Crippen LogP contribution in [-0.2, 0) is 19.6 Å². The molecule has 32 heavy (non-hydrogen) atoms. The van der Waals surface area contributed by atoms with Gasteiger partial charge in [-0.05, 0) is 55.9 Å². The van der Waals surface area contributed by atoms with Gasteiger partial charge in [-0.25, -0.2) is 8.42 Å². The van der Waals surface area contributed by atoms with Crippen molar-refractivity contribution < 1.29 is 22.7 Å². The molecule has 0 bridgehead atoms. The fourth-order valence-electron chi connectivity index (χ4n) is 4.36. The maximum atomic E-state index is 13.1. The molecule has 1 aromatic rings. The zero-order valence-corrected chi connectivity index (χ0v) is 20.1. The molecule has 1 N–H and O–H groups in total. The van der Waals surface area contributed by atoms with Gasteiger partial charge >= 0.3 is 0 Å². The fourth-order valence-corrected chi connectivity index (χ4v) is 5.88. The molecule has 2 heterocycles. The number of nitrogens with zero attached hydrogens (tertiary/aromatic N) is 2. The van der Waals surface area contributed by atoms with Crippen LogP contribution in [0.1, 0.15) is 46.0 Å². The number of amides is 2. The molecule has 178 valence electrons. The molecule has 2 saturated heterocycles. The van der Waals surface area contributed by atoms with Crippen LogP contribution < -0.4 is 10.1 Å². The van der Waals surface area contributed by atoms with Gasteiger partial charge in [-0.2, -0.15) is 4.31 Å². The quantitative estimate of drug-likeness (QED) is 0.635. The third-order valence-electron chi connectivity index (χ3n) is 6.65. The molecule has 3 rings (SSSR count). The van der Waals surface area contributed by atoms with Crippen LogP contribution in [-0.4, -0.2) is 68.8 Å². The van der Waals surface area contributed by atoms with Gasteiger partial charge in [0.25, 0.3) is 0 Å². The number of methoxy groups -OCH3 is 1. The standard InChI is InChI=1S/C23H35N3O5S/c1-4-17(2)21(23(28)25-13-5-6-14-25)24-22(27)18-8-7-15-26(16-18)32(29,30)20-11-9-19(31-3)10-12-20/h9-12,17-18,21H,4-8,13-16H2,1-3H3,(H,24,27)/t17-,18?,21+/m1/s1. The number of likely N-dealkylation sites (tertiary alicyclic amines) is 1. The zero-order chi connectivity index (χ0) is 23.3. The van der Waals surface area contributed by atoms with E-state index in [2.05, 4.69) is 5.32 Å². The first-order valence-electron chi connectivity index (χ1n) is 11.5. The van der Waals surface area contributed by atoms with E-state index in [0.717, 1.165) is 32.4 Å². The summed E-state index contributed by atoms with van der Waals surface area (Å²) >= 11 is 0. The SMILES string of the molecule is CC[C@@H](C)[C@H](NC(=O)C1CCCN(S(=O)(=O)c2ccc(OC)cc2)C1)C(=O)N1CCCC1. The Bertz CT molecular complexity index is 897. The lowest BCUT2D eigenvalue weighted by Crippen LogP contribution is -2.54. The lowest BCUT2D eigenvalue weighted by molar-refractivity contribution is -0.138. The molecule has 8 nitrogen and oxygen atoms in total. The zero-order valence-electron chi connectivity index (χ0n) is 19.2. The molecule has 0 saturated carbocycles. The molecule has 2 aliphatic rings. The van der Waals surface area contributed by atoms with Crippen LogP contribution in [0.15, 0.2) is 29.2 Å². The minimum Gasteiger partial charge on any atom is -0.497 e. The number of piperidine rings is 1. The van der Waals surface area contributed by atoms with Gasteiger partial charge in [0, 0.05) is 26.2 Å². The summed E-state index contributed by atoms with van der Waals surface area (Å²) in [7, 11) is -2.18. The molecule has 9 heteroatoms. The van der Waals surface area contributed by atoms with E-state index in [1.54, 1.807) is 12.1 Å². The molecular weight excluding hydrogens is 430 g/mol. The molecule has 2 aliphatic heterocycles. The lowest BCUT2D eigenvalue weighted by Gasteiger charge is -2.33. The van der Waals surface area contributed by atoms with Crippen molar-refractivity contribution in [1.82, 2.24) is 14.5 Å². The second-order valence-electron chi connectivity index (χ2n) is 8.78. The van der Waals surface area contributed by atoms with Crippen LogP contribution in [0.5, 0.6) is 5.75 Å². The number of hydrogen-bond donors (Lipinski definition) is 1. The highest BCUT2D eigenvalue weighted by molar-refractivity contribution is 7.89. The van der Waals surface area contributed by atoms with E-state index in [0.29, 0.717) is 25.1 Å². The van der Waals surface area contributed by atoms with Gasteiger partial charge in [-0.3, -0.25) is 9.59 Å². The summed E-state index contributed by atoms with van der Waals surface area (Å²) in [5, 5.41) is 2.97. The van der Waals surface area contributed by atoms with Crippen molar-refractivity contribution in [2.75, 3.05) is 33.3 Å². The molecule has 0 aromatic heterocycles. The number of hydrogen-bond acceptors (Lipinski definition) is 5. The predicted molar refractivity (Wildman–Crippen MR) is 122 cm³/mol. The number of nitrogens with one attached hydrogen (secondary N) is 1. The Morgan fingerprint density at radius 3 is 2.38 bits per heavy atom. The van der Waals surface area contributed by atoms with Crippen LogP contribution in [0.3, 0.4) is 0 Å². The monoisotopic (exact) mass is 465 g/mol. The van der Waals surface area contributed by atoms with Gasteiger partial charge in [0.15, 0.2) is 0 Å². The number of rotatable bonds is 8. The van der Waals surface area contributed by atoms with Crippen molar-refractivity contribution in [2.45, 2.75) is 56.9 Å². The average Bonchev–Trinajstić information content (AvgIpc) is 3.36. The minimum atomic E-state index is -3.71. The summed E-state index contributed by atoms with van der Waals surface area (Å²) < 4.78 is 32.7. The van der Waals surface area contributed by atoms with Crippen molar-refractivity contribution in [3.8, 4) is 5.75 Å². The molecule has 0 spiro atoms. The van der Waals surface area contributed by atoms with Crippen LogP contribution in [0.2, 0.25) is 0 Å². The number of carbonyl (C=O) groups is 2. The van der Waals surface area contributed by atoms with Gasteiger partial charge in [0.2, 0.25) is 21.8 Å². The topological polar surface area (TPSA) is 96.0 Å². The van der Waals surface area contributed by atoms with Crippen molar-refractivity contribution in [2.24, 2.45) is 11.8 Å². The van der Waals surface area contributed by atoms with Crippen molar-refractivity contribution in [1.29, 1.82) is 0 Å². The lowest BCUT2D eigenvalue weighted by atomic mass is 9.94. The number of carbonyl (C=O) groups excluding carboxylic acids is 2. The third-order valence-corrected chi connectivity index (χ3v) is 8.53. The van der Waals surface area contributed by atoms with Crippen LogP contribution >= 0.6 is 0 Å². The first kappa shape index (κ1) is 24.5. The molecule has 0 radical (unpaired) electrons. The van der Waals surface area contributed by atoms with Gasteiger partial charge in [0.05, 0.1) is 17.9 Å². The Morgan fingerprint density at radius 2 is 1.78 bits per heavy atom. The smallest absolute Gasteiger partial charge is 0.245 e. The first-order chi connectivity index (χ1) is 15.3. The summed E-state index contributed by atoms with van der Waals surface area (Å²) in [6.45, 7) is 5.94. The summed E-state index contributed by atoms with van der Waals surface area (Å²) in [6.07, 6.45) is 3.96. The van der Waals surface area contributed by atoms with Gasteiger partial charge in [-0.1, -0.05) is 20.3 Å². The Kier molecular flexibility index (Phi) is 8.16. The van der Waals surface area contributed by atoms with E-state index in [4.69, 9.17) is 4.74 Å². The first-order valence-corrected chi connectivity index (χ1v) is 12.9. The minimum absolute atomic E-state index is 0.00905. The number of ether oxygens (including phenoxy) is 1. The van der Waals surface area contributed by atoms with Crippen molar-refractivity contribution in [3.05, 3.63) is 24.3 Å². The molecule has 1 aromatic carbocycles. The summed E-state index contributed by atoms with van der Waals surface area (Å²) in [5.74, 6) is -0.149. The Hall–Kier alpha value is -2.13. The second-order valence-corrected chi connectivity index (χ2v) is 10.7. The van der Waals surface area contributed by atoms with E-state index in [1.807, 2.05) is 18.7 Å². The van der Waals surface area contributed by atoms with E-state index in [9.17, 15) is 18.0 Å². The Labute approximate surface area is 191 Å². The largest absolute Gasteiger partial charge is 0.497 e. The van der Waals surface area contributed by atoms with Gasteiger partial charge in [-0.15, -0.1) is 0 Å². The van der Waals surface area contributed by atoms with Gasteiger partial charge in [0.1, 0.15) is 11.8 Å². The number of sulfonamides is 1. The van der Waals surface area contributed by atoms with E-state index in [-0.39, 0.29) is 29.2 Å². The maximum Gasteiger partial charge on any atom is 0.245 e. The third kappa shape index (κ3) is 5.43. The van der Waals surface area contributed by atoms with Crippen molar-refractivity contribution >= 4 is 21.8 Å². The van der Waals surface area contributed by atoms with Crippen LogP contribution in [0.4, 0.5) is 0 Å². The highest BCUT2D eigenvalue weighted by Crippen LogP contribution is 2.26. The van der Waals surface area contributed by atoms with E-state index < -0.39 is 22.0 Å². The van der Waals surface area contributed by atoms with Crippen LogP contribution in [0, 0.1) is 11.8 Å².